The van der Waals surface area contributed by atoms with Crippen molar-refractivity contribution in [2.45, 2.75) is 0 Å². The van der Waals surface area contributed by atoms with Gasteiger partial charge in [0.2, 0.25) is 0 Å². The molecule has 0 saturated heterocycles. The van der Waals surface area contributed by atoms with Crippen molar-refractivity contribution in [3.05, 3.63) is 176 Å². The molecule has 0 bridgehead atoms. The van der Waals surface area contributed by atoms with E-state index in [1.807, 2.05) is 103 Å². The second-order valence-corrected chi connectivity index (χ2v) is 14.0. The van der Waals surface area contributed by atoms with Gasteiger partial charge in [-0.25, -0.2) is 0 Å². The third-order valence-electron chi connectivity index (χ3n) is 9.84. The first kappa shape index (κ1) is 32.0. The zero-order valence-corrected chi connectivity index (χ0v) is 30.6. The second kappa shape index (κ2) is 13.4. The van der Waals surface area contributed by atoms with Crippen LogP contribution in [0.4, 0.5) is 0 Å². The normalized spacial score (nSPS) is 11.4. The molecule has 6 heteroatoms. The maximum absolute atomic E-state index is 6.41. The summed E-state index contributed by atoms with van der Waals surface area (Å²) in [5.74, 6) is 2.42. The van der Waals surface area contributed by atoms with Crippen LogP contribution in [0.25, 0.3) is 101 Å². The summed E-state index contributed by atoms with van der Waals surface area (Å²) >= 11 is 3.43. The molecule has 0 atom stereocenters. The van der Waals surface area contributed by atoms with E-state index in [1.165, 1.54) is 0 Å². The standard InChI is InChI=1S/C48H29N4OSe/c54-44-36(30-14-5-1-6-15-30)22-13-23-38(44)39-28-34-25-27-41-43(49-48(53-41)33-20-11-4-12-21-33)42(34)40-29-35(24-26-37(39)40)47-51-45(31-16-7-2-8-17-31)50-46(52-47)32-18-9-3-10-19-32/h1-29H. The Morgan fingerprint density at radius 3 is 1.57 bits per heavy atom. The predicted octanol–water partition coefficient (Wildman–Crippen LogP) is 11.1. The summed E-state index contributed by atoms with van der Waals surface area (Å²) < 4.78 is 7.50. The molecule has 8 aromatic carbocycles. The molecule has 10 rings (SSSR count). The van der Waals surface area contributed by atoms with Crippen LogP contribution in [0.2, 0.25) is 0 Å². The number of hydrogen-bond acceptors (Lipinski definition) is 5. The van der Waals surface area contributed by atoms with E-state index in [9.17, 15) is 0 Å². The molecule has 253 valence electrons. The minimum absolute atomic E-state index is 0.588. The molecule has 5 nitrogen and oxygen atoms in total. The van der Waals surface area contributed by atoms with Gasteiger partial charge in [0.1, 0.15) is 0 Å². The number of hydrogen-bond donors (Lipinski definition) is 0. The van der Waals surface area contributed by atoms with Crippen molar-refractivity contribution in [3.8, 4) is 67.9 Å². The van der Waals surface area contributed by atoms with E-state index >= 15 is 0 Å². The Morgan fingerprint density at radius 2 is 0.944 bits per heavy atom. The van der Waals surface area contributed by atoms with Crippen molar-refractivity contribution in [2.24, 2.45) is 0 Å². The number of fused-ring (bicyclic) bond motifs is 5. The fourth-order valence-electron chi connectivity index (χ4n) is 7.23. The summed E-state index contributed by atoms with van der Waals surface area (Å²) in [6.45, 7) is 0. The Hall–Kier alpha value is -6.72. The Bertz CT molecular complexity index is 2930. The van der Waals surface area contributed by atoms with Gasteiger partial charge in [0, 0.05) is 0 Å². The Balaban J connectivity index is 1.25. The third kappa shape index (κ3) is 5.66. The Morgan fingerprint density at radius 1 is 0.389 bits per heavy atom. The van der Waals surface area contributed by atoms with Crippen molar-refractivity contribution in [3.63, 3.8) is 0 Å². The van der Waals surface area contributed by atoms with Crippen LogP contribution >= 0.6 is 0 Å². The van der Waals surface area contributed by atoms with Gasteiger partial charge in [-0.3, -0.25) is 0 Å². The molecule has 0 aliphatic carbocycles. The molecule has 54 heavy (non-hydrogen) atoms. The topological polar surface area (TPSA) is 64.7 Å². The van der Waals surface area contributed by atoms with Crippen LogP contribution in [0.5, 0.6) is 0 Å². The van der Waals surface area contributed by atoms with Crippen LogP contribution in [-0.2, 0) is 0 Å². The summed E-state index contributed by atoms with van der Waals surface area (Å²) in [6, 6.07) is 60.2. The van der Waals surface area contributed by atoms with E-state index in [1.54, 1.807) is 0 Å². The van der Waals surface area contributed by atoms with Crippen LogP contribution in [-0.4, -0.2) is 35.9 Å². The zero-order chi connectivity index (χ0) is 36.0. The molecule has 2 heterocycles. The van der Waals surface area contributed by atoms with Gasteiger partial charge >= 0.3 is 279 Å². The second-order valence-electron chi connectivity index (χ2n) is 13.2. The summed E-state index contributed by atoms with van der Waals surface area (Å²) in [6.07, 6.45) is 0. The molecule has 0 unspecified atom stereocenters. The Labute approximate surface area is 319 Å². The van der Waals surface area contributed by atoms with Crippen molar-refractivity contribution in [1.82, 2.24) is 19.9 Å². The van der Waals surface area contributed by atoms with Gasteiger partial charge < -0.3 is 0 Å². The van der Waals surface area contributed by atoms with Crippen molar-refractivity contribution < 1.29 is 4.42 Å². The van der Waals surface area contributed by atoms with Crippen molar-refractivity contribution >= 4 is 53.1 Å². The quantitative estimate of drug-likeness (QED) is 0.125. The number of benzene rings is 8. The first-order valence-electron chi connectivity index (χ1n) is 17.8. The number of oxazole rings is 1. The zero-order valence-electron chi connectivity index (χ0n) is 28.8. The van der Waals surface area contributed by atoms with Gasteiger partial charge in [0.25, 0.3) is 0 Å². The SMILES string of the molecule is [Se]c1c(-c2ccccc2)cccc1-c1cc2ccc3oc(-c4ccccc4)nc3c2c2cc(-c3nc(-c4ccccc4)nc(-c4ccccc4)n3)ccc12. The third-order valence-corrected chi connectivity index (χ3v) is 10.8. The number of rotatable bonds is 6. The molecular formula is C48H29N4OSe. The number of nitrogens with zero attached hydrogens (tertiary/aromatic N) is 4. The van der Waals surface area contributed by atoms with E-state index < -0.39 is 0 Å². The predicted molar refractivity (Wildman–Crippen MR) is 220 cm³/mol. The summed E-state index contributed by atoms with van der Waals surface area (Å²) in [5, 5.41) is 4.20. The fourth-order valence-corrected chi connectivity index (χ4v) is 7.99. The van der Waals surface area contributed by atoms with E-state index in [0.29, 0.717) is 23.4 Å². The monoisotopic (exact) mass is 757 g/mol. The minimum atomic E-state index is 0.588. The summed E-state index contributed by atoms with van der Waals surface area (Å²) in [4.78, 5) is 20.2. The van der Waals surface area contributed by atoms with Gasteiger partial charge in [-0.05, 0) is 0 Å². The molecule has 2 aromatic heterocycles. The average Bonchev–Trinajstić information content (AvgIpc) is 3.69. The van der Waals surface area contributed by atoms with Crippen LogP contribution in [0, 0.1) is 0 Å². The molecule has 0 aliphatic rings. The molecule has 0 amide bonds. The van der Waals surface area contributed by atoms with Crippen LogP contribution < -0.4 is 4.46 Å². The van der Waals surface area contributed by atoms with Crippen molar-refractivity contribution in [2.75, 3.05) is 0 Å². The molecule has 0 spiro atoms. The molecule has 10 aromatic rings. The molecule has 0 saturated carbocycles. The molecule has 1 radical (unpaired) electrons. The average molecular weight is 757 g/mol. The van der Waals surface area contributed by atoms with E-state index in [4.69, 9.17) is 24.4 Å². The van der Waals surface area contributed by atoms with Gasteiger partial charge in [0.05, 0.1) is 0 Å². The van der Waals surface area contributed by atoms with Crippen LogP contribution in [0.1, 0.15) is 0 Å². The molecule has 0 N–H and O–H groups in total. The van der Waals surface area contributed by atoms with Crippen LogP contribution in [0.3, 0.4) is 0 Å². The van der Waals surface area contributed by atoms with Crippen LogP contribution in [0.15, 0.2) is 180 Å². The van der Waals surface area contributed by atoms with E-state index in [-0.39, 0.29) is 0 Å². The number of aromatic nitrogens is 4. The van der Waals surface area contributed by atoms with Gasteiger partial charge in [0.15, 0.2) is 0 Å². The molecule has 0 aliphatic heterocycles. The van der Waals surface area contributed by atoms with Gasteiger partial charge in [-0.2, -0.15) is 0 Å². The summed E-state index contributed by atoms with van der Waals surface area (Å²) in [7, 11) is 0. The molecular weight excluding hydrogens is 728 g/mol. The van der Waals surface area contributed by atoms with Crippen molar-refractivity contribution in [1.29, 1.82) is 0 Å². The maximum atomic E-state index is 6.41. The van der Waals surface area contributed by atoms with E-state index in [2.05, 4.69) is 88.8 Å². The first-order valence-corrected chi connectivity index (χ1v) is 18.6. The fraction of sp³-hybridized carbons (Fsp3) is 0. The molecule has 0 fully saturated rings. The Kier molecular flexibility index (Phi) is 7.91. The van der Waals surface area contributed by atoms with E-state index in [0.717, 1.165) is 81.6 Å². The summed E-state index contributed by atoms with van der Waals surface area (Å²) in [5.41, 5.74) is 9.76. The van der Waals surface area contributed by atoms with Gasteiger partial charge in [-0.1, -0.05) is 42.5 Å². The van der Waals surface area contributed by atoms with Gasteiger partial charge in [-0.15, -0.1) is 0 Å². The first-order chi connectivity index (χ1) is 26.7.